The van der Waals surface area contributed by atoms with E-state index in [-0.39, 0.29) is 0 Å². The summed E-state index contributed by atoms with van der Waals surface area (Å²) in [4.78, 5) is 12.0. The number of hydrogen-bond donors (Lipinski definition) is 1. The second-order valence-electron chi connectivity index (χ2n) is 3.23. The maximum Gasteiger partial charge on any atom is 0.223 e. The van der Waals surface area contributed by atoms with Crippen LogP contribution in [0.2, 0.25) is 5.15 Å². The number of aryl methyl sites for hydroxylation is 1. The molecule has 1 N–H and O–H groups in total. The number of hydrogen-bond acceptors (Lipinski definition) is 6. The van der Waals surface area contributed by atoms with Crippen molar-refractivity contribution >= 4 is 33.3 Å². The van der Waals surface area contributed by atoms with Crippen LogP contribution in [-0.2, 0) is 6.42 Å². The summed E-state index contributed by atoms with van der Waals surface area (Å²) in [6.45, 7) is 2.38. The molecule has 0 aliphatic rings. The maximum absolute atomic E-state index is 5.84. The molecule has 2 aromatic heterocycles. The molecular weight excluding hydrogens is 309 g/mol. The first kappa shape index (κ1) is 12.3. The largest absolute Gasteiger partial charge is 0.369 e. The highest BCUT2D eigenvalue weighted by Gasteiger charge is 2.07. The molecule has 0 bridgehead atoms. The second-order valence-corrected chi connectivity index (χ2v) is 4.38. The molecule has 0 atom stereocenters. The van der Waals surface area contributed by atoms with Gasteiger partial charge in [-0.25, -0.2) is 9.97 Å². The van der Waals surface area contributed by atoms with Crippen LogP contribution in [0.1, 0.15) is 11.7 Å². The first-order valence-electron chi connectivity index (χ1n) is 4.86. The zero-order chi connectivity index (χ0) is 12.3. The molecule has 2 aromatic rings. The van der Waals surface area contributed by atoms with Crippen molar-refractivity contribution < 1.29 is 4.52 Å². The molecule has 0 saturated carbocycles. The molecule has 0 aliphatic heterocycles. The van der Waals surface area contributed by atoms with Crippen LogP contribution in [0.5, 0.6) is 0 Å². The topological polar surface area (TPSA) is 76.7 Å². The Labute approximate surface area is 111 Å². The number of nitrogens with zero attached hydrogens (tertiary/aromatic N) is 4. The molecule has 2 heterocycles. The number of rotatable bonds is 4. The van der Waals surface area contributed by atoms with Gasteiger partial charge < -0.3 is 9.84 Å². The molecule has 6 nitrogen and oxygen atoms in total. The number of aromatic nitrogens is 4. The van der Waals surface area contributed by atoms with Crippen molar-refractivity contribution in [3.05, 3.63) is 27.7 Å². The van der Waals surface area contributed by atoms with E-state index in [0.29, 0.717) is 40.1 Å². The van der Waals surface area contributed by atoms with E-state index in [1.807, 2.05) is 0 Å². The van der Waals surface area contributed by atoms with Crippen molar-refractivity contribution in [2.45, 2.75) is 13.3 Å². The third-order valence-corrected chi connectivity index (χ3v) is 3.22. The molecule has 8 heteroatoms. The number of halogens is 2. The normalized spacial score (nSPS) is 10.5. The van der Waals surface area contributed by atoms with Crippen LogP contribution < -0.4 is 5.32 Å². The van der Waals surface area contributed by atoms with Crippen molar-refractivity contribution in [1.82, 2.24) is 20.1 Å². The predicted octanol–water partition coefficient (Wildman–Crippen LogP) is 2.24. The van der Waals surface area contributed by atoms with E-state index >= 15 is 0 Å². The van der Waals surface area contributed by atoms with Crippen LogP contribution in [0.4, 0.5) is 5.82 Å². The van der Waals surface area contributed by atoms with Crippen molar-refractivity contribution in [2.24, 2.45) is 0 Å². The molecule has 0 amide bonds. The summed E-state index contributed by atoms with van der Waals surface area (Å²) in [5.74, 6) is 1.86. The average Bonchev–Trinajstić information content (AvgIpc) is 2.70. The van der Waals surface area contributed by atoms with Gasteiger partial charge in [-0.1, -0.05) is 16.8 Å². The summed E-state index contributed by atoms with van der Waals surface area (Å²) in [6.07, 6.45) is 2.04. The van der Waals surface area contributed by atoms with Crippen LogP contribution in [0, 0.1) is 6.92 Å². The summed E-state index contributed by atoms with van der Waals surface area (Å²) in [6, 6.07) is 0. The Kier molecular flexibility index (Phi) is 3.90. The van der Waals surface area contributed by atoms with Gasteiger partial charge in [0.1, 0.15) is 17.3 Å². The Morgan fingerprint density at radius 2 is 2.29 bits per heavy atom. The highest BCUT2D eigenvalue weighted by molar-refractivity contribution is 9.10. The molecule has 0 radical (unpaired) electrons. The summed E-state index contributed by atoms with van der Waals surface area (Å²) in [5, 5.41) is 7.27. The molecule has 0 aromatic carbocycles. The molecule has 0 aliphatic carbocycles. The molecule has 0 saturated heterocycles. The molecule has 0 fully saturated rings. The van der Waals surface area contributed by atoms with E-state index in [9.17, 15) is 0 Å². The monoisotopic (exact) mass is 317 g/mol. The third kappa shape index (κ3) is 3.13. The SMILES string of the molecule is Cc1nc(CCNc2ncnc(Cl)c2Br)no1. The lowest BCUT2D eigenvalue weighted by Gasteiger charge is -2.05. The highest BCUT2D eigenvalue weighted by atomic mass is 79.9. The summed E-state index contributed by atoms with van der Waals surface area (Å²) >= 11 is 9.14. The minimum atomic E-state index is 0.373. The van der Waals surface area contributed by atoms with Gasteiger partial charge in [0.25, 0.3) is 0 Å². The van der Waals surface area contributed by atoms with Crippen LogP contribution in [-0.4, -0.2) is 26.7 Å². The molecule has 0 spiro atoms. The second kappa shape index (κ2) is 5.42. The molecule has 2 rings (SSSR count). The Bertz CT molecular complexity index is 518. The smallest absolute Gasteiger partial charge is 0.223 e. The predicted molar refractivity (Wildman–Crippen MR) is 66.0 cm³/mol. The lowest BCUT2D eigenvalue weighted by Crippen LogP contribution is -2.08. The van der Waals surface area contributed by atoms with Gasteiger partial charge >= 0.3 is 0 Å². The quantitative estimate of drug-likeness (QED) is 0.871. The van der Waals surface area contributed by atoms with Crippen molar-refractivity contribution in [3.63, 3.8) is 0 Å². The van der Waals surface area contributed by atoms with Crippen molar-refractivity contribution in [1.29, 1.82) is 0 Å². The summed E-state index contributed by atoms with van der Waals surface area (Å²) in [5.41, 5.74) is 0. The Morgan fingerprint density at radius 1 is 1.47 bits per heavy atom. The Hall–Kier alpha value is -1.21. The standard InChI is InChI=1S/C9H9BrClN5O/c1-5-15-6(16-17-5)2-3-12-9-7(10)8(11)13-4-14-9/h4H,2-3H2,1H3,(H,12,13,14). The number of anilines is 1. The van der Waals surface area contributed by atoms with Gasteiger partial charge in [0.2, 0.25) is 5.89 Å². The highest BCUT2D eigenvalue weighted by Crippen LogP contribution is 2.25. The van der Waals surface area contributed by atoms with Crippen LogP contribution in [0.25, 0.3) is 0 Å². The summed E-state index contributed by atoms with van der Waals surface area (Å²) in [7, 11) is 0. The van der Waals surface area contributed by atoms with E-state index in [2.05, 4.69) is 41.4 Å². The molecule has 17 heavy (non-hydrogen) atoms. The van der Waals surface area contributed by atoms with E-state index < -0.39 is 0 Å². The first-order chi connectivity index (χ1) is 8.16. The van der Waals surface area contributed by atoms with Gasteiger partial charge in [0.15, 0.2) is 5.82 Å². The van der Waals surface area contributed by atoms with Gasteiger partial charge in [-0.05, 0) is 15.9 Å². The lowest BCUT2D eigenvalue weighted by molar-refractivity contribution is 0.387. The van der Waals surface area contributed by atoms with E-state index in [1.54, 1.807) is 6.92 Å². The molecule has 90 valence electrons. The fraction of sp³-hybridized carbons (Fsp3) is 0.333. The van der Waals surface area contributed by atoms with Crippen molar-refractivity contribution in [2.75, 3.05) is 11.9 Å². The van der Waals surface area contributed by atoms with Crippen LogP contribution in [0.15, 0.2) is 15.3 Å². The minimum absolute atomic E-state index is 0.373. The molecule has 0 unspecified atom stereocenters. The first-order valence-corrected chi connectivity index (χ1v) is 6.03. The average molecular weight is 319 g/mol. The summed E-state index contributed by atoms with van der Waals surface area (Å²) < 4.78 is 5.51. The van der Waals surface area contributed by atoms with Crippen molar-refractivity contribution in [3.8, 4) is 0 Å². The van der Waals surface area contributed by atoms with E-state index in [4.69, 9.17) is 16.1 Å². The maximum atomic E-state index is 5.84. The fourth-order valence-corrected chi connectivity index (χ4v) is 1.69. The number of nitrogens with one attached hydrogen (secondary N) is 1. The fourth-order valence-electron chi connectivity index (χ4n) is 1.21. The minimum Gasteiger partial charge on any atom is -0.369 e. The van der Waals surface area contributed by atoms with Gasteiger partial charge in [0, 0.05) is 19.9 Å². The zero-order valence-electron chi connectivity index (χ0n) is 8.94. The third-order valence-electron chi connectivity index (χ3n) is 1.96. The van der Waals surface area contributed by atoms with E-state index in [1.165, 1.54) is 6.33 Å². The van der Waals surface area contributed by atoms with Crippen LogP contribution >= 0.6 is 27.5 Å². The Balaban J connectivity index is 1.92. The lowest BCUT2D eigenvalue weighted by atomic mass is 10.4. The Morgan fingerprint density at radius 3 is 3.00 bits per heavy atom. The van der Waals surface area contributed by atoms with E-state index in [0.717, 1.165) is 0 Å². The van der Waals surface area contributed by atoms with Gasteiger partial charge in [-0.2, -0.15) is 4.98 Å². The van der Waals surface area contributed by atoms with Gasteiger partial charge in [0.05, 0.1) is 4.47 Å². The van der Waals surface area contributed by atoms with Gasteiger partial charge in [-0.3, -0.25) is 0 Å². The van der Waals surface area contributed by atoms with Crippen LogP contribution in [0.3, 0.4) is 0 Å². The zero-order valence-corrected chi connectivity index (χ0v) is 11.3. The molecular formula is C9H9BrClN5O. The van der Waals surface area contributed by atoms with Gasteiger partial charge in [-0.15, -0.1) is 0 Å².